The van der Waals surface area contributed by atoms with Crippen LogP contribution in [0.15, 0.2) is 18.2 Å². The molecule has 0 aliphatic heterocycles. The van der Waals surface area contributed by atoms with E-state index in [1.807, 2.05) is 0 Å². The van der Waals surface area contributed by atoms with Gasteiger partial charge in [-0.2, -0.15) is 5.48 Å². The highest BCUT2D eigenvalue weighted by molar-refractivity contribution is 7.99. The molecule has 0 amide bonds. The monoisotopic (exact) mass is 402 g/mol. The predicted octanol–water partition coefficient (Wildman–Crippen LogP) is 3.10. The van der Waals surface area contributed by atoms with Gasteiger partial charge < -0.3 is 29.3 Å². The highest BCUT2D eigenvalue weighted by atomic mass is 32.2. The Kier molecular flexibility index (Phi) is 7.55. The van der Waals surface area contributed by atoms with E-state index in [9.17, 15) is 20.2 Å². The van der Waals surface area contributed by atoms with Crippen molar-refractivity contribution in [2.24, 2.45) is 0 Å². The molecule has 1 heterocycles. The van der Waals surface area contributed by atoms with Crippen LogP contribution in [0.25, 0.3) is 10.9 Å². The van der Waals surface area contributed by atoms with E-state index in [1.165, 1.54) is 18.2 Å². The number of H-pyrrole nitrogens is 1. The number of hydrogen-bond donors (Lipinski definition) is 5. The van der Waals surface area contributed by atoms with Crippen molar-refractivity contribution in [2.75, 3.05) is 13.2 Å². The number of benzene rings is 1. The maximum Gasteiger partial charge on any atom is 0.354 e. The topological polar surface area (TPSA) is 124 Å². The number of unbranched alkanes of at least 4 members (excludes halogenated alkanes) is 1. The van der Waals surface area contributed by atoms with Crippen LogP contribution in [0.5, 0.6) is 11.5 Å². The molecule has 0 radical (unpaired) electrons. The van der Waals surface area contributed by atoms with Crippen LogP contribution >= 0.6 is 21.3 Å². The molecule has 0 saturated carbocycles. The summed E-state index contributed by atoms with van der Waals surface area (Å²) in [4.78, 5) is 14.9. The van der Waals surface area contributed by atoms with E-state index in [1.54, 1.807) is 0 Å². The number of carbonyl (C=O) groups is 1. The van der Waals surface area contributed by atoms with Crippen LogP contribution in [0.1, 0.15) is 36.7 Å². The van der Waals surface area contributed by atoms with Crippen molar-refractivity contribution >= 4 is 38.2 Å². The number of hydrogen-bond acceptors (Lipinski definition) is 8. The summed E-state index contributed by atoms with van der Waals surface area (Å²) in [5.41, 5.74) is 2.93. The third-order valence-electron chi connectivity index (χ3n) is 3.63. The van der Waals surface area contributed by atoms with E-state index >= 15 is 0 Å². The fourth-order valence-corrected chi connectivity index (χ4v) is 3.25. The van der Waals surface area contributed by atoms with Gasteiger partial charge in [0.15, 0.2) is 11.5 Å². The molecule has 0 aliphatic carbocycles. The SMILES string of the molecule is CCCCC(P)(NO)SOCCOC(=O)c1cc2cc(O)c(O)cc2[nH]1. The van der Waals surface area contributed by atoms with Crippen LogP contribution in [0.4, 0.5) is 0 Å². The molecular weight excluding hydrogens is 379 g/mol. The Morgan fingerprint density at radius 2 is 2.04 bits per heavy atom. The van der Waals surface area contributed by atoms with Gasteiger partial charge in [0.1, 0.15) is 16.9 Å². The number of aromatic hydroxyl groups is 2. The van der Waals surface area contributed by atoms with Crippen molar-refractivity contribution in [2.45, 2.75) is 30.8 Å². The minimum absolute atomic E-state index is 0.0393. The van der Waals surface area contributed by atoms with Crippen molar-refractivity contribution in [3.8, 4) is 11.5 Å². The van der Waals surface area contributed by atoms with Crippen LogP contribution in [0.3, 0.4) is 0 Å². The number of nitrogens with one attached hydrogen (secondary N) is 2. The summed E-state index contributed by atoms with van der Waals surface area (Å²) in [6.45, 7) is 2.25. The number of carbonyl (C=O) groups excluding carboxylic acids is 1. The van der Waals surface area contributed by atoms with Crippen LogP contribution in [0.2, 0.25) is 0 Å². The first-order valence-corrected chi connectivity index (χ1v) is 9.43. The van der Waals surface area contributed by atoms with Gasteiger partial charge in [0.2, 0.25) is 0 Å². The van der Waals surface area contributed by atoms with Gasteiger partial charge in [-0.15, -0.1) is 9.24 Å². The maximum atomic E-state index is 12.0. The molecule has 5 N–H and O–H groups in total. The van der Waals surface area contributed by atoms with Crippen molar-refractivity contribution in [3.63, 3.8) is 0 Å². The quantitative estimate of drug-likeness (QED) is 0.0781. The second-order valence-electron chi connectivity index (χ2n) is 5.76. The number of fused-ring (bicyclic) bond motifs is 1. The second-order valence-corrected chi connectivity index (χ2v) is 8.29. The average molecular weight is 402 g/mol. The van der Waals surface area contributed by atoms with Crippen LogP contribution < -0.4 is 5.48 Å². The van der Waals surface area contributed by atoms with Crippen molar-refractivity contribution < 1.29 is 29.1 Å². The minimum atomic E-state index is -0.693. The van der Waals surface area contributed by atoms with Gasteiger partial charge in [0.25, 0.3) is 0 Å². The van der Waals surface area contributed by atoms with E-state index in [2.05, 4.69) is 26.6 Å². The Labute approximate surface area is 157 Å². The average Bonchev–Trinajstić information content (AvgIpc) is 3.02. The van der Waals surface area contributed by atoms with Gasteiger partial charge in [-0.3, -0.25) is 0 Å². The van der Waals surface area contributed by atoms with Gasteiger partial charge in [-0.1, -0.05) is 19.8 Å². The molecule has 8 nitrogen and oxygen atoms in total. The molecule has 1 aromatic heterocycles. The largest absolute Gasteiger partial charge is 0.504 e. The third-order valence-corrected chi connectivity index (χ3v) is 5.22. The normalized spacial score (nSPS) is 13.7. The zero-order chi connectivity index (χ0) is 19.2. The number of phenolic OH excluding ortho intramolecular Hbond substituents is 2. The van der Waals surface area contributed by atoms with E-state index in [4.69, 9.17) is 8.92 Å². The number of ether oxygens (including phenoxy) is 1. The first kappa shape index (κ1) is 20.8. The number of phenols is 2. The summed E-state index contributed by atoms with van der Waals surface area (Å²) < 4.78 is 9.81. The third kappa shape index (κ3) is 5.49. The smallest absolute Gasteiger partial charge is 0.354 e. The predicted molar refractivity (Wildman–Crippen MR) is 102 cm³/mol. The molecule has 0 fully saturated rings. The summed E-state index contributed by atoms with van der Waals surface area (Å²) in [7, 11) is 2.51. The van der Waals surface area contributed by atoms with E-state index in [-0.39, 0.29) is 30.4 Å². The molecule has 2 unspecified atom stereocenters. The maximum absolute atomic E-state index is 12.0. The lowest BCUT2D eigenvalue weighted by Crippen LogP contribution is -2.33. The molecule has 26 heavy (non-hydrogen) atoms. The van der Waals surface area contributed by atoms with E-state index in [0.29, 0.717) is 17.3 Å². The molecule has 0 saturated heterocycles. The first-order chi connectivity index (χ1) is 12.4. The lowest BCUT2D eigenvalue weighted by Gasteiger charge is -2.25. The number of aromatic amines is 1. The molecule has 0 spiro atoms. The Morgan fingerprint density at radius 1 is 1.31 bits per heavy atom. The Hall–Kier alpha value is -1.51. The summed E-state index contributed by atoms with van der Waals surface area (Å²) in [6.07, 6.45) is 2.62. The molecule has 2 atom stereocenters. The molecule has 2 aromatic rings. The van der Waals surface area contributed by atoms with Crippen molar-refractivity contribution in [1.82, 2.24) is 10.5 Å². The first-order valence-electron chi connectivity index (χ1n) is 8.11. The van der Waals surface area contributed by atoms with Gasteiger partial charge in [0, 0.05) is 23.5 Å². The van der Waals surface area contributed by atoms with E-state index < -0.39 is 10.6 Å². The van der Waals surface area contributed by atoms with Crippen molar-refractivity contribution in [3.05, 3.63) is 23.9 Å². The molecule has 10 heteroatoms. The zero-order valence-electron chi connectivity index (χ0n) is 14.3. The summed E-state index contributed by atoms with van der Waals surface area (Å²) >= 11 is 1.07. The Balaban J connectivity index is 1.80. The fourth-order valence-electron chi connectivity index (χ4n) is 2.22. The molecule has 0 bridgehead atoms. The molecule has 2 rings (SSSR count). The summed E-state index contributed by atoms with van der Waals surface area (Å²) in [5.74, 6) is -1.10. The number of hydroxylamine groups is 1. The Morgan fingerprint density at radius 3 is 2.73 bits per heavy atom. The van der Waals surface area contributed by atoms with Gasteiger partial charge in [0.05, 0.1) is 12.1 Å². The minimum Gasteiger partial charge on any atom is -0.504 e. The number of aromatic nitrogens is 1. The van der Waals surface area contributed by atoms with Gasteiger partial charge in [-0.25, -0.2) is 4.79 Å². The number of rotatable bonds is 10. The number of esters is 1. The lowest BCUT2D eigenvalue weighted by molar-refractivity contribution is 0.0452. The molecule has 144 valence electrons. The van der Waals surface area contributed by atoms with E-state index in [0.717, 1.165) is 24.9 Å². The standard InChI is InChI=1S/C16H23N2O6PS/c1-2-3-4-16(25,18-22)26-24-6-5-23-15(21)12-7-10-8-13(19)14(20)9-11(10)17-12/h7-9,17-20,22H,2-6,25H2,1H3. The highest BCUT2D eigenvalue weighted by Gasteiger charge is 2.24. The molecular formula is C16H23N2O6PS. The van der Waals surface area contributed by atoms with Crippen LogP contribution in [0, 0.1) is 0 Å². The fraction of sp³-hybridized carbons (Fsp3) is 0.438. The zero-order valence-corrected chi connectivity index (χ0v) is 16.3. The van der Waals surface area contributed by atoms with Crippen molar-refractivity contribution in [1.29, 1.82) is 0 Å². The van der Waals surface area contributed by atoms with Crippen LogP contribution in [-0.4, -0.2) is 44.2 Å². The van der Waals surface area contributed by atoms with Gasteiger partial charge in [-0.05, 0) is 18.6 Å². The summed E-state index contributed by atoms with van der Waals surface area (Å²) in [6, 6.07) is 4.22. The summed E-state index contributed by atoms with van der Waals surface area (Å²) in [5, 5.41) is 28.8. The second kappa shape index (κ2) is 9.43. The molecule has 0 aliphatic rings. The Bertz CT molecular complexity index is 717. The van der Waals surface area contributed by atoms with Crippen LogP contribution in [-0.2, 0) is 8.92 Å². The van der Waals surface area contributed by atoms with Gasteiger partial charge >= 0.3 is 5.97 Å². The molecule has 1 aromatic carbocycles. The lowest BCUT2D eigenvalue weighted by atomic mass is 10.2. The highest BCUT2D eigenvalue weighted by Crippen LogP contribution is 2.35.